The molecule has 0 saturated carbocycles. The average molecular weight is 405 g/mol. The number of benzene rings is 1. The second kappa shape index (κ2) is 8.53. The van der Waals surface area contributed by atoms with Crippen molar-refractivity contribution >= 4 is 28.7 Å². The number of anilines is 1. The number of aryl methyl sites for hydroxylation is 1. The van der Waals surface area contributed by atoms with Crippen molar-refractivity contribution in [3.8, 4) is 5.69 Å². The van der Waals surface area contributed by atoms with Crippen molar-refractivity contribution in [2.24, 2.45) is 5.92 Å². The van der Waals surface area contributed by atoms with Crippen LogP contribution in [0.15, 0.2) is 77.8 Å². The molecule has 0 amide bonds. The summed E-state index contributed by atoms with van der Waals surface area (Å²) in [4.78, 5) is 14.4. The van der Waals surface area contributed by atoms with Crippen molar-refractivity contribution in [1.82, 2.24) is 24.1 Å². The first-order chi connectivity index (χ1) is 14.2. The van der Waals surface area contributed by atoms with Crippen molar-refractivity contribution < 1.29 is 0 Å². The smallest absolute Gasteiger partial charge is 0.175 e. The Hall–Kier alpha value is -3.06. The summed E-state index contributed by atoms with van der Waals surface area (Å²) >= 11 is 1.62. The molecule has 6 nitrogen and oxygen atoms in total. The van der Waals surface area contributed by atoms with Gasteiger partial charge in [-0.05, 0) is 55.2 Å². The minimum Gasteiger partial charge on any atom is -0.382 e. The molecule has 0 spiro atoms. The van der Waals surface area contributed by atoms with Gasteiger partial charge in [0.2, 0.25) is 0 Å². The second-order valence-electron chi connectivity index (χ2n) is 7.02. The van der Waals surface area contributed by atoms with Crippen molar-refractivity contribution in [2.75, 3.05) is 5.73 Å². The van der Waals surface area contributed by atoms with E-state index in [0.717, 1.165) is 40.8 Å². The molecule has 1 aromatic carbocycles. The van der Waals surface area contributed by atoms with Gasteiger partial charge >= 0.3 is 0 Å². The van der Waals surface area contributed by atoms with Crippen LogP contribution in [-0.2, 0) is 6.54 Å². The molecule has 0 aliphatic heterocycles. The SMILES string of the molecule is C=CC(C)CCCn1c(Sc2ccc(-n3cccc3)cc2)nc2c(N)ncnc21. The molecule has 0 fully saturated rings. The molecule has 0 saturated heterocycles. The normalized spacial score (nSPS) is 12.3. The van der Waals surface area contributed by atoms with Crippen LogP contribution < -0.4 is 5.73 Å². The molecule has 0 aliphatic rings. The van der Waals surface area contributed by atoms with E-state index in [4.69, 9.17) is 10.7 Å². The summed E-state index contributed by atoms with van der Waals surface area (Å²) in [5.74, 6) is 0.903. The highest BCUT2D eigenvalue weighted by Gasteiger charge is 2.16. The summed E-state index contributed by atoms with van der Waals surface area (Å²) < 4.78 is 4.23. The average Bonchev–Trinajstić information content (AvgIpc) is 3.38. The van der Waals surface area contributed by atoms with E-state index in [-0.39, 0.29) is 0 Å². The first-order valence-electron chi connectivity index (χ1n) is 9.66. The molecule has 4 aromatic rings. The van der Waals surface area contributed by atoms with Gasteiger partial charge in [-0.25, -0.2) is 15.0 Å². The van der Waals surface area contributed by atoms with E-state index < -0.39 is 0 Å². The topological polar surface area (TPSA) is 74.5 Å². The minimum atomic E-state index is 0.415. The van der Waals surface area contributed by atoms with Gasteiger partial charge in [-0.15, -0.1) is 6.58 Å². The zero-order valence-electron chi connectivity index (χ0n) is 16.4. The van der Waals surface area contributed by atoms with Crippen molar-refractivity contribution in [2.45, 2.75) is 36.4 Å². The van der Waals surface area contributed by atoms with Crippen LogP contribution in [0.4, 0.5) is 5.82 Å². The van der Waals surface area contributed by atoms with E-state index in [1.807, 2.05) is 30.6 Å². The van der Waals surface area contributed by atoms with E-state index in [2.05, 4.69) is 56.9 Å². The molecule has 0 bridgehead atoms. The number of fused-ring (bicyclic) bond motifs is 1. The molecule has 0 aliphatic carbocycles. The number of nitrogens with two attached hydrogens (primary N) is 1. The maximum Gasteiger partial charge on any atom is 0.175 e. The predicted molar refractivity (Wildman–Crippen MR) is 118 cm³/mol. The van der Waals surface area contributed by atoms with Crippen LogP contribution in [0.1, 0.15) is 19.8 Å². The van der Waals surface area contributed by atoms with E-state index in [1.54, 1.807) is 11.8 Å². The molecule has 3 heterocycles. The van der Waals surface area contributed by atoms with Crippen molar-refractivity contribution in [1.29, 1.82) is 0 Å². The lowest BCUT2D eigenvalue weighted by molar-refractivity contribution is 0.530. The lowest BCUT2D eigenvalue weighted by Crippen LogP contribution is -2.03. The fraction of sp³-hybridized carbons (Fsp3) is 0.227. The Bertz CT molecular complexity index is 1100. The third-order valence-corrected chi connectivity index (χ3v) is 5.92. The Kier molecular flexibility index (Phi) is 5.67. The van der Waals surface area contributed by atoms with Gasteiger partial charge in [0.15, 0.2) is 22.1 Å². The molecule has 2 N–H and O–H groups in total. The number of aromatic nitrogens is 5. The third kappa shape index (κ3) is 4.19. The van der Waals surface area contributed by atoms with Crippen LogP contribution in [0.25, 0.3) is 16.9 Å². The molecular weight excluding hydrogens is 380 g/mol. The van der Waals surface area contributed by atoms with Gasteiger partial charge in [0.25, 0.3) is 0 Å². The third-order valence-electron chi connectivity index (χ3n) is 4.92. The summed E-state index contributed by atoms with van der Waals surface area (Å²) in [6.45, 7) is 6.88. The monoisotopic (exact) mass is 404 g/mol. The van der Waals surface area contributed by atoms with Crippen LogP contribution in [0, 0.1) is 5.92 Å². The number of nitrogen functional groups attached to an aromatic ring is 1. The summed E-state index contributed by atoms with van der Waals surface area (Å²) in [6, 6.07) is 12.5. The number of hydrogen-bond acceptors (Lipinski definition) is 5. The zero-order valence-corrected chi connectivity index (χ0v) is 17.2. The summed E-state index contributed by atoms with van der Waals surface area (Å²) in [5, 5.41) is 0.882. The van der Waals surface area contributed by atoms with Gasteiger partial charge in [-0.2, -0.15) is 0 Å². The molecule has 29 heavy (non-hydrogen) atoms. The van der Waals surface area contributed by atoms with Gasteiger partial charge in [-0.1, -0.05) is 24.8 Å². The molecule has 4 rings (SSSR count). The standard InChI is InChI=1S/C22H24N6S/c1-3-16(2)7-6-14-28-21-19(20(23)24-15-25-21)26-22(28)29-18-10-8-17(9-11-18)27-12-4-5-13-27/h3-5,8-13,15-16H,1,6-7,14H2,2H3,(H2,23,24,25). The molecular formula is C22H24N6S. The second-order valence-corrected chi connectivity index (χ2v) is 8.06. The fourth-order valence-electron chi connectivity index (χ4n) is 3.20. The molecule has 1 atom stereocenters. The van der Waals surface area contributed by atoms with Crippen molar-refractivity contribution in [3.63, 3.8) is 0 Å². The lowest BCUT2D eigenvalue weighted by atomic mass is 10.1. The highest BCUT2D eigenvalue weighted by Crippen LogP contribution is 2.31. The van der Waals surface area contributed by atoms with Gasteiger partial charge in [0.05, 0.1) is 0 Å². The van der Waals surface area contributed by atoms with E-state index in [0.29, 0.717) is 17.3 Å². The van der Waals surface area contributed by atoms with E-state index in [9.17, 15) is 0 Å². The fourth-order valence-corrected chi connectivity index (χ4v) is 4.11. The molecule has 3 aromatic heterocycles. The minimum absolute atomic E-state index is 0.415. The van der Waals surface area contributed by atoms with Crippen LogP contribution in [-0.4, -0.2) is 24.1 Å². The Morgan fingerprint density at radius 2 is 1.93 bits per heavy atom. The molecule has 1 unspecified atom stereocenters. The summed E-state index contributed by atoms with van der Waals surface area (Å²) in [6.07, 6.45) is 9.65. The molecule has 7 heteroatoms. The number of nitrogens with zero attached hydrogens (tertiary/aromatic N) is 5. The highest BCUT2D eigenvalue weighted by molar-refractivity contribution is 7.99. The number of allylic oxidation sites excluding steroid dienone is 1. The van der Waals surface area contributed by atoms with Gasteiger partial charge in [0, 0.05) is 29.5 Å². The van der Waals surface area contributed by atoms with Crippen molar-refractivity contribution in [3.05, 3.63) is 67.8 Å². The zero-order chi connectivity index (χ0) is 20.2. The number of hydrogen-bond donors (Lipinski definition) is 1. The Balaban J connectivity index is 1.61. The van der Waals surface area contributed by atoms with Gasteiger partial charge in [0.1, 0.15) is 6.33 Å². The van der Waals surface area contributed by atoms with Crippen LogP contribution >= 0.6 is 11.8 Å². The van der Waals surface area contributed by atoms with Crippen LogP contribution in [0.5, 0.6) is 0 Å². The quantitative estimate of drug-likeness (QED) is 0.421. The Morgan fingerprint density at radius 3 is 2.66 bits per heavy atom. The number of imidazole rings is 1. The van der Waals surface area contributed by atoms with Crippen LogP contribution in [0.3, 0.4) is 0 Å². The predicted octanol–water partition coefficient (Wildman–Crippen LogP) is 4.95. The maximum absolute atomic E-state index is 6.05. The molecule has 0 radical (unpaired) electrons. The van der Waals surface area contributed by atoms with E-state index >= 15 is 0 Å². The maximum atomic E-state index is 6.05. The van der Waals surface area contributed by atoms with Gasteiger partial charge in [-0.3, -0.25) is 0 Å². The van der Waals surface area contributed by atoms with E-state index in [1.165, 1.54) is 6.33 Å². The highest BCUT2D eigenvalue weighted by atomic mass is 32.2. The lowest BCUT2D eigenvalue weighted by Gasteiger charge is -2.10. The number of rotatable bonds is 8. The summed E-state index contributed by atoms with van der Waals surface area (Å²) in [5.41, 5.74) is 8.63. The largest absolute Gasteiger partial charge is 0.382 e. The molecule has 148 valence electrons. The first kappa shape index (κ1) is 19.3. The van der Waals surface area contributed by atoms with Gasteiger partial charge < -0.3 is 14.9 Å². The Labute approximate surface area is 174 Å². The summed E-state index contributed by atoms with van der Waals surface area (Å²) in [7, 11) is 0. The van der Waals surface area contributed by atoms with Crippen LogP contribution in [0.2, 0.25) is 0 Å². The Morgan fingerprint density at radius 1 is 1.17 bits per heavy atom. The first-order valence-corrected chi connectivity index (χ1v) is 10.5.